The number of nitrogens with one attached hydrogen (secondary N) is 2. The number of nitro groups is 1. The van der Waals surface area contributed by atoms with Crippen LogP contribution in [0.4, 0.5) is 11.5 Å². The zero-order valence-electron chi connectivity index (χ0n) is 12.3. The summed E-state index contributed by atoms with van der Waals surface area (Å²) in [7, 11) is 1.65. The Bertz CT molecular complexity index is 553. The lowest BCUT2D eigenvalue weighted by Crippen LogP contribution is -2.47. The van der Waals surface area contributed by atoms with Crippen LogP contribution >= 0.6 is 0 Å². The van der Waals surface area contributed by atoms with E-state index in [1.165, 1.54) is 12.5 Å². The van der Waals surface area contributed by atoms with Gasteiger partial charge in [0.25, 0.3) is 11.6 Å². The van der Waals surface area contributed by atoms with Crippen molar-refractivity contribution in [2.45, 2.75) is 44.6 Å². The van der Waals surface area contributed by atoms with E-state index in [1.807, 2.05) is 6.92 Å². The minimum absolute atomic E-state index is 0.0474. The normalized spacial score (nSPS) is 17.0. The number of pyridine rings is 1. The van der Waals surface area contributed by atoms with Crippen molar-refractivity contribution < 1.29 is 9.72 Å². The molecule has 0 unspecified atom stereocenters. The molecule has 1 aliphatic rings. The van der Waals surface area contributed by atoms with Gasteiger partial charge in [0.1, 0.15) is 17.6 Å². The minimum atomic E-state index is -0.579. The van der Waals surface area contributed by atoms with Crippen molar-refractivity contribution in [1.82, 2.24) is 10.3 Å². The zero-order valence-corrected chi connectivity index (χ0v) is 12.3. The van der Waals surface area contributed by atoms with Crippen LogP contribution in [0.15, 0.2) is 12.3 Å². The maximum atomic E-state index is 12.4. The Balaban J connectivity index is 2.26. The molecule has 0 aliphatic heterocycles. The third-order valence-electron chi connectivity index (χ3n) is 3.95. The van der Waals surface area contributed by atoms with Crippen molar-refractivity contribution in [2.75, 3.05) is 12.4 Å². The van der Waals surface area contributed by atoms with E-state index in [4.69, 9.17) is 0 Å². The smallest absolute Gasteiger partial charge is 0.300 e. The molecule has 0 radical (unpaired) electrons. The summed E-state index contributed by atoms with van der Waals surface area (Å²) < 4.78 is 0. The average molecular weight is 292 g/mol. The predicted molar refractivity (Wildman–Crippen MR) is 79.4 cm³/mol. The number of carbonyl (C=O) groups excluding carboxylic acids is 1. The fourth-order valence-electron chi connectivity index (χ4n) is 2.71. The third-order valence-corrected chi connectivity index (χ3v) is 3.95. The fourth-order valence-corrected chi connectivity index (χ4v) is 2.71. The van der Waals surface area contributed by atoms with Gasteiger partial charge < -0.3 is 10.6 Å². The predicted octanol–water partition coefficient (Wildman–Crippen LogP) is 2.48. The van der Waals surface area contributed by atoms with Gasteiger partial charge in [-0.3, -0.25) is 14.9 Å². The first kappa shape index (κ1) is 15.2. The van der Waals surface area contributed by atoms with Crippen molar-refractivity contribution >= 4 is 17.4 Å². The Labute approximate surface area is 123 Å². The number of hydrogen-bond donors (Lipinski definition) is 2. The molecule has 1 aliphatic carbocycles. The van der Waals surface area contributed by atoms with Crippen LogP contribution in [-0.4, -0.2) is 28.4 Å². The van der Waals surface area contributed by atoms with Crippen molar-refractivity contribution in [3.05, 3.63) is 27.9 Å². The Hall–Kier alpha value is -2.18. The molecule has 0 saturated heterocycles. The van der Waals surface area contributed by atoms with E-state index in [0.717, 1.165) is 31.9 Å². The topological polar surface area (TPSA) is 97.2 Å². The highest BCUT2D eigenvalue weighted by atomic mass is 16.6. The molecule has 1 heterocycles. The number of carbonyl (C=O) groups is 1. The summed E-state index contributed by atoms with van der Waals surface area (Å²) in [4.78, 5) is 26.8. The number of amides is 1. The van der Waals surface area contributed by atoms with Gasteiger partial charge in [0, 0.05) is 18.7 Å². The summed E-state index contributed by atoms with van der Waals surface area (Å²) in [5.74, 6) is 0.0181. The highest BCUT2D eigenvalue weighted by molar-refractivity contribution is 5.99. The lowest BCUT2D eigenvalue weighted by molar-refractivity contribution is -0.385. The molecular formula is C14H20N4O3. The SMILES string of the molecule is CNc1cc(C(=O)NC2(C)CCCCC2)c([N+](=O)[O-])cn1. The lowest BCUT2D eigenvalue weighted by Gasteiger charge is -2.34. The van der Waals surface area contributed by atoms with Gasteiger partial charge in [-0.2, -0.15) is 0 Å². The second kappa shape index (κ2) is 6.07. The first-order valence-corrected chi connectivity index (χ1v) is 7.10. The van der Waals surface area contributed by atoms with Gasteiger partial charge >= 0.3 is 0 Å². The highest BCUT2D eigenvalue weighted by Crippen LogP contribution is 2.29. The molecule has 0 aromatic carbocycles. The zero-order chi connectivity index (χ0) is 15.5. The van der Waals surface area contributed by atoms with E-state index in [1.54, 1.807) is 7.05 Å². The van der Waals surface area contributed by atoms with Gasteiger partial charge in [-0.1, -0.05) is 19.3 Å². The number of anilines is 1. The Morgan fingerprint density at radius 2 is 2.05 bits per heavy atom. The second-order valence-corrected chi connectivity index (χ2v) is 5.67. The number of hydrogen-bond acceptors (Lipinski definition) is 5. The van der Waals surface area contributed by atoms with Crippen LogP contribution < -0.4 is 10.6 Å². The quantitative estimate of drug-likeness (QED) is 0.656. The molecule has 0 bridgehead atoms. The summed E-state index contributed by atoms with van der Waals surface area (Å²) in [5, 5.41) is 16.8. The number of rotatable bonds is 4. The highest BCUT2D eigenvalue weighted by Gasteiger charge is 2.31. The van der Waals surface area contributed by atoms with Gasteiger partial charge in [0.15, 0.2) is 0 Å². The first-order valence-electron chi connectivity index (χ1n) is 7.10. The van der Waals surface area contributed by atoms with Crippen LogP contribution in [0, 0.1) is 10.1 Å². The molecular weight excluding hydrogens is 272 g/mol. The van der Waals surface area contributed by atoms with Crippen LogP contribution in [0.3, 0.4) is 0 Å². The van der Waals surface area contributed by atoms with E-state index in [-0.39, 0.29) is 16.8 Å². The Morgan fingerprint density at radius 3 is 2.62 bits per heavy atom. The van der Waals surface area contributed by atoms with E-state index in [0.29, 0.717) is 5.82 Å². The summed E-state index contributed by atoms with van der Waals surface area (Å²) in [6.07, 6.45) is 6.22. The van der Waals surface area contributed by atoms with Crippen LogP contribution in [0.1, 0.15) is 49.4 Å². The standard InChI is InChI=1S/C14H20N4O3/c1-14(6-4-3-5-7-14)17-13(19)10-8-12(15-2)16-9-11(10)18(20)21/h8-9H,3-7H2,1-2H3,(H,15,16)(H,17,19). The van der Waals surface area contributed by atoms with Gasteiger partial charge in [0.05, 0.1) is 4.92 Å². The second-order valence-electron chi connectivity index (χ2n) is 5.67. The van der Waals surface area contributed by atoms with Crippen molar-refractivity contribution in [2.24, 2.45) is 0 Å². The maximum absolute atomic E-state index is 12.4. The molecule has 1 fully saturated rings. The fraction of sp³-hybridized carbons (Fsp3) is 0.571. The van der Waals surface area contributed by atoms with Crippen LogP contribution in [-0.2, 0) is 0 Å². The number of nitrogens with zero attached hydrogens (tertiary/aromatic N) is 2. The van der Waals surface area contributed by atoms with E-state index in [2.05, 4.69) is 15.6 Å². The van der Waals surface area contributed by atoms with Gasteiger partial charge in [0.2, 0.25) is 0 Å². The summed E-state index contributed by atoms with van der Waals surface area (Å²) in [5.41, 5.74) is -0.510. The molecule has 21 heavy (non-hydrogen) atoms. The summed E-state index contributed by atoms with van der Waals surface area (Å²) in [6.45, 7) is 2.00. The van der Waals surface area contributed by atoms with E-state index in [9.17, 15) is 14.9 Å². The molecule has 7 heteroatoms. The Morgan fingerprint density at radius 1 is 1.38 bits per heavy atom. The third kappa shape index (κ3) is 3.48. The molecule has 0 spiro atoms. The molecule has 114 valence electrons. The maximum Gasteiger partial charge on any atom is 0.300 e. The van der Waals surface area contributed by atoms with Gasteiger partial charge in [-0.25, -0.2) is 4.98 Å². The summed E-state index contributed by atoms with van der Waals surface area (Å²) in [6, 6.07) is 1.42. The van der Waals surface area contributed by atoms with Crippen molar-refractivity contribution in [3.63, 3.8) is 0 Å². The van der Waals surface area contributed by atoms with Crippen molar-refractivity contribution in [1.29, 1.82) is 0 Å². The lowest BCUT2D eigenvalue weighted by atomic mass is 9.83. The van der Waals surface area contributed by atoms with Gasteiger partial charge in [-0.15, -0.1) is 0 Å². The molecule has 7 nitrogen and oxygen atoms in total. The molecule has 2 N–H and O–H groups in total. The average Bonchev–Trinajstić information content (AvgIpc) is 2.46. The molecule has 1 aromatic heterocycles. The molecule has 0 atom stereocenters. The van der Waals surface area contributed by atoms with Crippen molar-refractivity contribution in [3.8, 4) is 0 Å². The molecule has 1 saturated carbocycles. The molecule has 2 rings (SSSR count). The minimum Gasteiger partial charge on any atom is -0.373 e. The number of aromatic nitrogens is 1. The molecule has 1 aromatic rings. The van der Waals surface area contributed by atoms with E-state index >= 15 is 0 Å². The molecule has 1 amide bonds. The van der Waals surface area contributed by atoms with Crippen LogP contribution in [0.5, 0.6) is 0 Å². The van der Waals surface area contributed by atoms with E-state index < -0.39 is 10.8 Å². The first-order chi connectivity index (χ1) is 9.95. The largest absolute Gasteiger partial charge is 0.373 e. The van der Waals surface area contributed by atoms with Crippen LogP contribution in [0.25, 0.3) is 0 Å². The van der Waals surface area contributed by atoms with Crippen LogP contribution in [0.2, 0.25) is 0 Å². The Kier molecular flexibility index (Phi) is 4.40. The monoisotopic (exact) mass is 292 g/mol. The van der Waals surface area contributed by atoms with Gasteiger partial charge in [-0.05, 0) is 19.8 Å². The summed E-state index contributed by atoms with van der Waals surface area (Å²) >= 11 is 0.